The normalized spacial score (nSPS) is 10.0. The van der Waals surface area contributed by atoms with Gasteiger partial charge in [-0.05, 0) is 18.6 Å². The van der Waals surface area contributed by atoms with E-state index in [9.17, 15) is 0 Å². The van der Waals surface area contributed by atoms with Gasteiger partial charge in [0.2, 0.25) is 0 Å². The smallest absolute Gasteiger partial charge is 0.139 e. The van der Waals surface area contributed by atoms with E-state index in [2.05, 4.69) is 0 Å². The number of halogens is 2. The van der Waals surface area contributed by atoms with Crippen molar-refractivity contribution in [1.82, 2.24) is 0 Å². The zero-order valence-corrected chi connectivity index (χ0v) is 8.33. The molecule has 1 rings (SSSR count). The molecule has 0 atom stereocenters. The zero-order chi connectivity index (χ0) is 9.30. The molecule has 2 nitrogen and oxygen atoms in total. The Morgan fingerprint density at radius 3 is 2.42 bits per heavy atom. The van der Waals surface area contributed by atoms with Crippen LogP contribution in [-0.2, 0) is 0 Å². The number of methoxy groups -OCH3 is 1. The van der Waals surface area contributed by atoms with E-state index in [0.717, 1.165) is 5.56 Å². The monoisotopic (exact) mass is 205 g/mol. The van der Waals surface area contributed by atoms with E-state index in [-0.39, 0.29) is 0 Å². The molecule has 0 aliphatic heterocycles. The van der Waals surface area contributed by atoms with Crippen LogP contribution in [0.5, 0.6) is 5.75 Å². The predicted octanol–water partition coefficient (Wildman–Crippen LogP) is 2.89. The lowest BCUT2D eigenvalue weighted by Crippen LogP contribution is -1.94. The molecule has 0 amide bonds. The molecule has 0 saturated carbocycles. The number of benzene rings is 1. The van der Waals surface area contributed by atoms with Crippen LogP contribution in [0.15, 0.2) is 6.07 Å². The van der Waals surface area contributed by atoms with Crippen LogP contribution >= 0.6 is 23.2 Å². The summed E-state index contributed by atoms with van der Waals surface area (Å²) in [4.78, 5) is 0. The Kier molecular flexibility index (Phi) is 2.70. The minimum atomic E-state index is 0.369. The maximum atomic E-state index is 5.85. The molecule has 0 unspecified atom stereocenters. The summed E-state index contributed by atoms with van der Waals surface area (Å²) in [5.41, 5.74) is 6.84. The Bertz CT molecular complexity index is 312. The largest absolute Gasteiger partial charge is 0.495 e. The van der Waals surface area contributed by atoms with Crippen molar-refractivity contribution in [3.63, 3.8) is 0 Å². The first kappa shape index (κ1) is 9.49. The number of nitrogen functional groups attached to an aromatic ring is 1. The highest BCUT2D eigenvalue weighted by atomic mass is 35.5. The van der Waals surface area contributed by atoms with Crippen LogP contribution in [0.2, 0.25) is 10.0 Å². The van der Waals surface area contributed by atoms with Crippen molar-refractivity contribution < 1.29 is 4.74 Å². The van der Waals surface area contributed by atoms with Gasteiger partial charge in [0.05, 0.1) is 17.8 Å². The summed E-state index contributed by atoms with van der Waals surface area (Å²) in [6, 6.07) is 1.75. The molecule has 66 valence electrons. The van der Waals surface area contributed by atoms with Crippen LogP contribution in [-0.4, -0.2) is 7.11 Å². The topological polar surface area (TPSA) is 35.2 Å². The van der Waals surface area contributed by atoms with Crippen molar-refractivity contribution in [2.45, 2.75) is 6.92 Å². The molecular formula is C8H9Cl2NO. The second kappa shape index (κ2) is 3.42. The highest BCUT2D eigenvalue weighted by Crippen LogP contribution is 2.37. The predicted molar refractivity (Wildman–Crippen MR) is 52.2 cm³/mol. The molecule has 0 aliphatic carbocycles. The van der Waals surface area contributed by atoms with Crippen molar-refractivity contribution in [1.29, 1.82) is 0 Å². The first-order chi connectivity index (χ1) is 5.57. The van der Waals surface area contributed by atoms with E-state index in [1.165, 1.54) is 7.11 Å². The number of ether oxygens (including phenoxy) is 1. The SMILES string of the molecule is COc1cc(C)c(Cl)c(N)c1Cl. The van der Waals surface area contributed by atoms with Crippen LogP contribution in [0.1, 0.15) is 5.56 Å². The van der Waals surface area contributed by atoms with Crippen molar-refractivity contribution in [3.8, 4) is 5.75 Å². The third kappa shape index (κ3) is 1.45. The van der Waals surface area contributed by atoms with Gasteiger partial charge in [-0.1, -0.05) is 23.2 Å². The van der Waals surface area contributed by atoms with Gasteiger partial charge in [-0.15, -0.1) is 0 Å². The van der Waals surface area contributed by atoms with Crippen LogP contribution in [0.25, 0.3) is 0 Å². The van der Waals surface area contributed by atoms with E-state index < -0.39 is 0 Å². The summed E-state index contributed by atoms with van der Waals surface area (Å²) in [6.07, 6.45) is 0. The average Bonchev–Trinajstić information content (AvgIpc) is 2.08. The lowest BCUT2D eigenvalue weighted by Gasteiger charge is -2.09. The van der Waals surface area contributed by atoms with Crippen LogP contribution < -0.4 is 10.5 Å². The molecular weight excluding hydrogens is 197 g/mol. The van der Waals surface area contributed by atoms with Crippen molar-refractivity contribution in [2.24, 2.45) is 0 Å². The first-order valence-corrected chi connectivity index (χ1v) is 4.11. The molecule has 4 heteroatoms. The second-order valence-electron chi connectivity index (χ2n) is 2.44. The first-order valence-electron chi connectivity index (χ1n) is 3.36. The average molecular weight is 206 g/mol. The molecule has 0 saturated heterocycles. The van der Waals surface area contributed by atoms with E-state index in [1.807, 2.05) is 6.92 Å². The third-order valence-corrected chi connectivity index (χ3v) is 2.49. The van der Waals surface area contributed by atoms with E-state index in [0.29, 0.717) is 21.5 Å². The Balaban J connectivity index is 3.39. The van der Waals surface area contributed by atoms with Gasteiger partial charge in [-0.3, -0.25) is 0 Å². The third-order valence-electron chi connectivity index (χ3n) is 1.60. The number of aryl methyl sites for hydroxylation is 1. The summed E-state index contributed by atoms with van der Waals surface area (Å²) < 4.78 is 4.99. The minimum Gasteiger partial charge on any atom is -0.495 e. The Hall–Kier alpha value is -0.600. The molecule has 2 N–H and O–H groups in total. The van der Waals surface area contributed by atoms with Gasteiger partial charge in [0, 0.05) is 0 Å². The lowest BCUT2D eigenvalue weighted by atomic mass is 10.2. The molecule has 0 radical (unpaired) electrons. The molecule has 1 aromatic carbocycles. The van der Waals surface area contributed by atoms with Gasteiger partial charge in [-0.25, -0.2) is 0 Å². The summed E-state index contributed by atoms with van der Waals surface area (Å²) in [7, 11) is 1.54. The van der Waals surface area contributed by atoms with Crippen molar-refractivity contribution in [2.75, 3.05) is 12.8 Å². The van der Waals surface area contributed by atoms with Crippen molar-refractivity contribution >= 4 is 28.9 Å². The van der Waals surface area contributed by atoms with Gasteiger partial charge in [0.1, 0.15) is 10.8 Å². The number of rotatable bonds is 1. The number of nitrogens with two attached hydrogens (primary N) is 1. The Morgan fingerprint density at radius 1 is 1.33 bits per heavy atom. The standard InChI is InChI=1S/C8H9Cl2NO/c1-4-3-5(12-2)7(10)8(11)6(4)9/h3H,11H2,1-2H3. The molecule has 0 aliphatic rings. The number of anilines is 1. The fourth-order valence-corrected chi connectivity index (χ4v) is 1.34. The lowest BCUT2D eigenvalue weighted by molar-refractivity contribution is 0.415. The van der Waals surface area contributed by atoms with E-state index in [4.69, 9.17) is 33.7 Å². The van der Waals surface area contributed by atoms with Crippen LogP contribution in [0.3, 0.4) is 0 Å². The maximum Gasteiger partial charge on any atom is 0.139 e. The van der Waals surface area contributed by atoms with Crippen LogP contribution in [0, 0.1) is 6.92 Å². The summed E-state index contributed by atoms with van der Waals surface area (Å²) in [6.45, 7) is 1.84. The van der Waals surface area contributed by atoms with Gasteiger partial charge in [0.25, 0.3) is 0 Å². The summed E-state index contributed by atoms with van der Waals surface area (Å²) in [5.74, 6) is 0.552. The number of hydrogen-bond donors (Lipinski definition) is 1. The molecule has 12 heavy (non-hydrogen) atoms. The molecule has 0 bridgehead atoms. The van der Waals surface area contributed by atoms with Gasteiger partial charge < -0.3 is 10.5 Å². The van der Waals surface area contributed by atoms with Gasteiger partial charge in [0.15, 0.2) is 0 Å². The summed E-state index contributed by atoms with van der Waals surface area (Å²) in [5, 5.41) is 0.855. The minimum absolute atomic E-state index is 0.369. The molecule has 0 spiro atoms. The highest BCUT2D eigenvalue weighted by molar-refractivity contribution is 6.40. The maximum absolute atomic E-state index is 5.85. The van der Waals surface area contributed by atoms with E-state index in [1.54, 1.807) is 6.07 Å². The van der Waals surface area contributed by atoms with Gasteiger partial charge in [-0.2, -0.15) is 0 Å². The van der Waals surface area contributed by atoms with Gasteiger partial charge >= 0.3 is 0 Å². The Labute approximate surface area is 81.2 Å². The summed E-state index contributed by atoms with van der Waals surface area (Å²) >= 11 is 11.7. The zero-order valence-electron chi connectivity index (χ0n) is 6.82. The second-order valence-corrected chi connectivity index (χ2v) is 3.19. The molecule has 0 fully saturated rings. The molecule has 0 heterocycles. The quantitative estimate of drug-likeness (QED) is 0.717. The van der Waals surface area contributed by atoms with Crippen molar-refractivity contribution in [3.05, 3.63) is 21.7 Å². The molecule has 1 aromatic rings. The van der Waals surface area contributed by atoms with E-state index >= 15 is 0 Å². The number of hydrogen-bond acceptors (Lipinski definition) is 2. The fraction of sp³-hybridized carbons (Fsp3) is 0.250. The van der Waals surface area contributed by atoms with Crippen LogP contribution in [0.4, 0.5) is 5.69 Å². The highest BCUT2D eigenvalue weighted by Gasteiger charge is 2.10. The molecule has 0 aromatic heterocycles. The fourth-order valence-electron chi connectivity index (χ4n) is 0.913. The Morgan fingerprint density at radius 2 is 1.92 bits per heavy atom.